The number of halogens is 1. The molecule has 1 aromatic rings. The van der Waals surface area contributed by atoms with Crippen LogP contribution in [0.1, 0.15) is 36.8 Å². The molecular formula is C17H22ClNO3. The molecule has 1 saturated carbocycles. The van der Waals surface area contributed by atoms with Crippen LogP contribution in [0.15, 0.2) is 12.1 Å². The molecule has 120 valence electrons. The van der Waals surface area contributed by atoms with Gasteiger partial charge in [-0.1, -0.05) is 12.8 Å². The minimum absolute atomic E-state index is 0.00776. The molecule has 0 saturated heterocycles. The van der Waals surface area contributed by atoms with Gasteiger partial charge in [-0.15, -0.1) is 11.6 Å². The molecule has 1 fully saturated rings. The first-order valence-electron chi connectivity index (χ1n) is 7.72. The fourth-order valence-corrected chi connectivity index (χ4v) is 4.17. The van der Waals surface area contributed by atoms with Gasteiger partial charge in [-0.2, -0.15) is 0 Å². The molecule has 22 heavy (non-hydrogen) atoms. The fourth-order valence-electron chi connectivity index (χ4n) is 4.00. The van der Waals surface area contributed by atoms with Crippen molar-refractivity contribution in [3.05, 3.63) is 23.3 Å². The summed E-state index contributed by atoms with van der Waals surface area (Å²) < 4.78 is 10.9. The molecule has 1 aromatic carbocycles. The van der Waals surface area contributed by atoms with Gasteiger partial charge in [0.05, 0.1) is 14.2 Å². The minimum atomic E-state index is 0.00776. The minimum Gasteiger partial charge on any atom is -0.493 e. The van der Waals surface area contributed by atoms with Crippen molar-refractivity contribution in [2.75, 3.05) is 26.6 Å². The summed E-state index contributed by atoms with van der Waals surface area (Å²) in [5.41, 5.74) is 2.53. The molecule has 5 heteroatoms. The average Bonchev–Trinajstić information content (AvgIpc) is 3.01. The smallest absolute Gasteiger partial charge is 0.237 e. The maximum absolute atomic E-state index is 12.1. The number of hydrogen-bond donors (Lipinski definition) is 0. The Labute approximate surface area is 136 Å². The van der Waals surface area contributed by atoms with Gasteiger partial charge in [-0.05, 0) is 36.1 Å². The molecule has 0 radical (unpaired) electrons. The topological polar surface area (TPSA) is 38.8 Å². The Morgan fingerprint density at radius 1 is 1.23 bits per heavy atom. The van der Waals surface area contributed by atoms with E-state index in [-0.39, 0.29) is 17.2 Å². The van der Waals surface area contributed by atoms with Crippen LogP contribution in [0.3, 0.4) is 0 Å². The second-order valence-corrected chi connectivity index (χ2v) is 6.50. The molecule has 1 heterocycles. The number of benzene rings is 1. The summed E-state index contributed by atoms with van der Waals surface area (Å²) in [6, 6.07) is 4.13. The zero-order valence-electron chi connectivity index (χ0n) is 13.2. The average molecular weight is 324 g/mol. The van der Waals surface area contributed by atoms with Crippen molar-refractivity contribution in [2.24, 2.45) is 0 Å². The van der Waals surface area contributed by atoms with Gasteiger partial charge in [-0.3, -0.25) is 4.79 Å². The standard InChI is InChI=1S/C17H22ClNO3/c1-21-14-7-12-10-19(16(20)9-18)11-17(5-3-4-6-17)13(12)8-15(14)22-2/h7-8H,3-6,9-11H2,1-2H3. The van der Waals surface area contributed by atoms with E-state index in [9.17, 15) is 4.79 Å². The van der Waals surface area contributed by atoms with Crippen LogP contribution in [0.4, 0.5) is 0 Å². The van der Waals surface area contributed by atoms with Crippen molar-refractivity contribution in [2.45, 2.75) is 37.6 Å². The van der Waals surface area contributed by atoms with Crippen molar-refractivity contribution in [1.82, 2.24) is 4.90 Å². The van der Waals surface area contributed by atoms with Crippen molar-refractivity contribution in [3.8, 4) is 11.5 Å². The Kier molecular flexibility index (Phi) is 4.22. The highest BCUT2D eigenvalue weighted by atomic mass is 35.5. The highest BCUT2D eigenvalue weighted by molar-refractivity contribution is 6.27. The normalized spacial score (nSPS) is 19.1. The molecule has 4 nitrogen and oxygen atoms in total. The van der Waals surface area contributed by atoms with E-state index in [1.807, 2.05) is 11.0 Å². The van der Waals surface area contributed by atoms with Gasteiger partial charge in [0.25, 0.3) is 0 Å². The van der Waals surface area contributed by atoms with Crippen LogP contribution < -0.4 is 9.47 Å². The number of carbonyl (C=O) groups is 1. The first kappa shape index (κ1) is 15.5. The van der Waals surface area contributed by atoms with E-state index in [0.29, 0.717) is 6.54 Å². The van der Waals surface area contributed by atoms with Crippen molar-refractivity contribution >= 4 is 17.5 Å². The first-order chi connectivity index (χ1) is 10.6. The Balaban J connectivity index is 2.09. The molecule has 1 amide bonds. The molecule has 1 aliphatic heterocycles. The number of rotatable bonds is 3. The Morgan fingerprint density at radius 2 is 1.86 bits per heavy atom. The van der Waals surface area contributed by atoms with E-state index in [4.69, 9.17) is 21.1 Å². The number of amides is 1. The number of fused-ring (bicyclic) bond motifs is 2. The van der Waals surface area contributed by atoms with E-state index >= 15 is 0 Å². The number of carbonyl (C=O) groups excluding carboxylic acids is 1. The van der Waals surface area contributed by atoms with Crippen LogP contribution in [0.2, 0.25) is 0 Å². The van der Waals surface area contributed by atoms with Crippen molar-refractivity contribution < 1.29 is 14.3 Å². The number of nitrogens with zero attached hydrogens (tertiary/aromatic N) is 1. The highest BCUT2D eigenvalue weighted by Crippen LogP contribution is 2.48. The van der Waals surface area contributed by atoms with Gasteiger partial charge < -0.3 is 14.4 Å². The van der Waals surface area contributed by atoms with Crippen LogP contribution in [0.25, 0.3) is 0 Å². The lowest BCUT2D eigenvalue weighted by molar-refractivity contribution is -0.130. The van der Waals surface area contributed by atoms with Crippen molar-refractivity contribution in [3.63, 3.8) is 0 Å². The Morgan fingerprint density at radius 3 is 2.45 bits per heavy atom. The van der Waals surface area contributed by atoms with Gasteiger partial charge in [-0.25, -0.2) is 0 Å². The molecular weight excluding hydrogens is 302 g/mol. The lowest BCUT2D eigenvalue weighted by Crippen LogP contribution is -2.47. The summed E-state index contributed by atoms with van der Waals surface area (Å²) in [4.78, 5) is 14.0. The number of hydrogen-bond acceptors (Lipinski definition) is 3. The zero-order valence-corrected chi connectivity index (χ0v) is 13.9. The lowest BCUT2D eigenvalue weighted by Gasteiger charge is -2.42. The van der Waals surface area contributed by atoms with Crippen molar-refractivity contribution in [1.29, 1.82) is 0 Å². The van der Waals surface area contributed by atoms with E-state index in [0.717, 1.165) is 36.4 Å². The molecule has 2 aliphatic rings. The maximum Gasteiger partial charge on any atom is 0.237 e. The van der Waals surface area contributed by atoms with E-state index in [2.05, 4.69) is 6.07 Å². The number of alkyl halides is 1. The first-order valence-corrected chi connectivity index (χ1v) is 8.26. The van der Waals surface area contributed by atoms with Gasteiger partial charge >= 0.3 is 0 Å². The lowest BCUT2D eigenvalue weighted by atomic mass is 9.73. The zero-order chi connectivity index (χ0) is 15.7. The Hall–Kier alpha value is -1.42. The summed E-state index contributed by atoms with van der Waals surface area (Å²) in [7, 11) is 3.30. The third kappa shape index (κ3) is 2.43. The summed E-state index contributed by atoms with van der Waals surface area (Å²) in [5, 5.41) is 0. The monoisotopic (exact) mass is 323 g/mol. The van der Waals surface area contributed by atoms with Crippen LogP contribution >= 0.6 is 11.6 Å². The van der Waals surface area contributed by atoms with Crippen LogP contribution in [0.5, 0.6) is 11.5 Å². The predicted molar refractivity (Wildman–Crippen MR) is 85.8 cm³/mol. The largest absolute Gasteiger partial charge is 0.493 e. The maximum atomic E-state index is 12.1. The highest BCUT2D eigenvalue weighted by Gasteiger charge is 2.43. The second-order valence-electron chi connectivity index (χ2n) is 6.24. The van der Waals surface area contributed by atoms with Crippen LogP contribution in [-0.4, -0.2) is 37.5 Å². The van der Waals surface area contributed by atoms with Gasteiger partial charge in [0.2, 0.25) is 5.91 Å². The molecule has 0 unspecified atom stereocenters. The summed E-state index contributed by atoms with van der Waals surface area (Å²) >= 11 is 5.78. The van der Waals surface area contributed by atoms with Gasteiger partial charge in [0.1, 0.15) is 5.88 Å². The third-order valence-electron chi connectivity index (χ3n) is 5.06. The van der Waals surface area contributed by atoms with E-state index in [1.54, 1.807) is 14.2 Å². The second kappa shape index (κ2) is 5.99. The van der Waals surface area contributed by atoms with E-state index in [1.165, 1.54) is 18.4 Å². The molecule has 0 atom stereocenters. The summed E-state index contributed by atoms with van der Waals surface area (Å²) in [6.07, 6.45) is 4.64. The van der Waals surface area contributed by atoms with Crippen LogP contribution in [-0.2, 0) is 16.8 Å². The van der Waals surface area contributed by atoms with Crippen LogP contribution in [0, 0.1) is 0 Å². The fraction of sp³-hybridized carbons (Fsp3) is 0.588. The molecule has 1 aliphatic carbocycles. The SMILES string of the molecule is COc1cc2c(cc1OC)C1(CCCC1)CN(C(=O)CCl)C2. The Bertz CT molecular complexity index is 582. The third-order valence-corrected chi connectivity index (χ3v) is 5.29. The van der Waals surface area contributed by atoms with Gasteiger partial charge in [0.15, 0.2) is 11.5 Å². The summed E-state index contributed by atoms with van der Waals surface area (Å²) in [5.74, 6) is 1.53. The summed E-state index contributed by atoms with van der Waals surface area (Å²) in [6.45, 7) is 1.37. The molecule has 0 bridgehead atoms. The molecule has 0 N–H and O–H groups in total. The number of ether oxygens (including phenoxy) is 2. The quantitative estimate of drug-likeness (QED) is 0.802. The predicted octanol–water partition coefficient (Wildman–Crippen LogP) is 3.10. The molecule has 3 rings (SSSR count). The number of methoxy groups -OCH3 is 2. The van der Waals surface area contributed by atoms with E-state index < -0.39 is 0 Å². The molecule has 1 spiro atoms. The van der Waals surface area contributed by atoms with Gasteiger partial charge in [0, 0.05) is 18.5 Å². The molecule has 0 aromatic heterocycles.